The summed E-state index contributed by atoms with van der Waals surface area (Å²) in [5.74, 6) is 0.544. The predicted octanol–water partition coefficient (Wildman–Crippen LogP) is 3.22. The zero-order chi connectivity index (χ0) is 18.5. The summed E-state index contributed by atoms with van der Waals surface area (Å²) in [6.07, 6.45) is 5.87. The Morgan fingerprint density at radius 3 is 2.92 bits per heavy atom. The number of hydrogen-bond donors (Lipinski definition) is 1. The Labute approximate surface area is 153 Å². The van der Waals surface area contributed by atoms with Crippen LogP contribution >= 0.6 is 0 Å². The molecule has 0 atom stereocenters. The predicted molar refractivity (Wildman–Crippen MR) is 103 cm³/mol. The number of aromatic nitrogens is 2. The number of nitrogen functional groups attached to an aromatic ring is 1. The summed E-state index contributed by atoms with van der Waals surface area (Å²) in [5, 5.41) is 0. The fourth-order valence-corrected chi connectivity index (χ4v) is 2.71. The molecule has 3 aromatic rings. The van der Waals surface area contributed by atoms with Crippen molar-refractivity contribution in [2.75, 3.05) is 25.9 Å². The molecule has 6 heteroatoms. The van der Waals surface area contributed by atoms with Crippen LogP contribution in [0, 0.1) is 0 Å². The number of fused-ring (bicyclic) bond motifs is 1. The zero-order valence-corrected chi connectivity index (χ0v) is 15.2. The first kappa shape index (κ1) is 17.8. The lowest BCUT2D eigenvalue weighted by atomic mass is 10.1. The van der Waals surface area contributed by atoms with E-state index < -0.39 is 0 Å². The number of nitrogens with two attached hydrogens (primary N) is 1. The molecular formula is C20H24N4O2. The molecule has 0 aliphatic rings. The highest BCUT2D eigenvalue weighted by Gasteiger charge is 2.13. The van der Waals surface area contributed by atoms with Crippen LogP contribution in [0.4, 0.5) is 5.69 Å². The molecule has 2 heterocycles. The molecule has 0 aliphatic heterocycles. The number of carbonyl (C=O) groups is 1. The van der Waals surface area contributed by atoms with Crippen molar-refractivity contribution in [1.82, 2.24) is 14.3 Å². The smallest absolute Gasteiger partial charge is 0.260 e. The number of likely N-dealkylation sites (N-methyl/N-ethyl adjacent to an activating group) is 1. The largest absolute Gasteiger partial charge is 0.480 e. The van der Waals surface area contributed by atoms with Crippen LogP contribution < -0.4 is 10.5 Å². The van der Waals surface area contributed by atoms with Crippen molar-refractivity contribution >= 4 is 17.2 Å². The van der Waals surface area contributed by atoms with Crippen LogP contribution in [0.15, 0.2) is 48.8 Å². The van der Waals surface area contributed by atoms with Crippen LogP contribution in [-0.4, -0.2) is 40.4 Å². The fourth-order valence-electron chi connectivity index (χ4n) is 2.71. The van der Waals surface area contributed by atoms with Gasteiger partial charge in [-0.05, 0) is 30.7 Å². The molecule has 26 heavy (non-hydrogen) atoms. The maximum absolute atomic E-state index is 12.2. The molecule has 2 aromatic heterocycles. The highest BCUT2D eigenvalue weighted by atomic mass is 16.5. The monoisotopic (exact) mass is 352 g/mol. The third-order valence-electron chi connectivity index (χ3n) is 4.25. The Bertz CT molecular complexity index is 904. The fraction of sp³-hybridized carbons (Fsp3) is 0.300. The molecule has 136 valence electrons. The van der Waals surface area contributed by atoms with Crippen molar-refractivity contribution in [1.29, 1.82) is 0 Å². The number of unbranched alkanes of at least 4 members (excludes halogenated alkanes) is 1. The third kappa shape index (κ3) is 3.96. The summed E-state index contributed by atoms with van der Waals surface area (Å²) in [7, 11) is 1.80. The quantitative estimate of drug-likeness (QED) is 0.663. The Morgan fingerprint density at radius 1 is 1.31 bits per heavy atom. The molecule has 1 amide bonds. The van der Waals surface area contributed by atoms with Crippen molar-refractivity contribution in [2.24, 2.45) is 0 Å². The summed E-state index contributed by atoms with van der Waals surface area (Å²) in [6, 6.07) is 11.3. The van der Waals surface area contributed by atoms with E-state index in [4.69, 9.17) is 10.5 Å². The van der Waals surface area contributed by atoms with Gasteiger partial charge in [-0.15, -0.1) is 0 Å². The second-order valence-electron chi connectivity index (χ2n) is 6.31. The summed E-state index contributed by atoms with van der Waals surface area (Å²) in [6.45, 7) is 2.85. The first-order valence-corrected chi connectivity index (χ1v) is 8.79. The van der Waals surface area contributed by atoms with Crippen LogP contribution in [0.2, 0.25) is 0 Å². The maximum Gasteiger partial charge on any atom is 0.260 e. The van der Waals surface area contributed by atoms with E-state index in [1.54, 1.807) is 11.9 Å². The average molecular weight is 352 g/mol. The first-order valence-electron chi connectivity index (χ1n) is 8.79. The van der Waals surface area contributed by atoms with Gasteiger partial charge in [-0.25, -0.2) is 4.98 Å². The van der Waals surface area contributed by atoms with Gasteiger partial charge in [-0.3, -0.25) is 4.79 Å². The molecule has 0 fully saturated rings. The van der Waals surface area contributed by atoms with E-state index in [1.165, 1.54) is 0 Å². The molecule has 2 N–H and O–H groups in total. The molecule has 0 spiro atoms. The van der Waals surface area contributed by atoms with E-state index in [2.05, 4.69) is 11.9 Å². The van der Waals surface area contributed by atoms with E-state index in [1.807, 2.05) is 53.2 Å². The summed E-state index contributed by atoms with van der Waals surface area (Å²) >= 11 is 0. The van der Waals surface area contributed by atoms with Crippen LogP contribution in [0.5, 0.6) is 5.75 Å². The number of rotatable bonds is 7. The Hall–Kier alpha value is -3.02. The molecule has 0 bridgehead atoms. The second kappa shape index (κ2) is 7.91. The van der Waals surface area contributed by atoms with Gasteiger partial charge in [0.05, 0.1) is 5.69 Å². The lowest BCUT2D eigenvalue weighted by Crippen LogP contribution is -2.32. The summed E-state index contributed by atoms with van der Waals surface area (Å²) < 4.78 is 7.64. The van der Waals surface area contributed by atoms with Gasteiger partial charge in [0.1, 0.15) is 0 Å². The maximum atomic E-state index is 12.2. The van der Waals surface area contributed by atoms with Crippen LogP contribution in [0.3, 0.4) is 0 Å². The average Bonchev–Trinajstić information content (AvgIpc) is 3.09. The molecule has 0 aliphatic carbocycles. The second-order valence-corrected chi connectivity index (χ2v) is 6.31. The van der Waals surface area contributed by atoms with E-state index in [0.29, 0.717) is 17.1 Å². The molecule has 0 unspecified atom stereocenters. The lowest BCUT2D eigenvalue weighted by molar-refractivity contribution is -0.132. The molecule has 0 saturated carbocycles. The van der Waals surface area contributed by atoms with Gasteiger partial charge >= 0.3 is 0 Å². The van der Waals surface area contributed by atoms with Gasteiger partial charge in [0, 0.05) is 37.2 Å². The van der Waals surface area contributed by atoms with E-state index in [0.717, 1.165) is 30.6 Å². The Balaban J connectivity index is 1.78. The Morgan fingerprint density at radius 2 is 2.15 bits per heavy atom. The van der Waals surface area contributed by atoms with Crippen LogP contribution in [-0.2, 0) is 4.79 Å². The Kier molecular flexibility index (Phi) is 5.41. The van der Waals surface area contributed by atoms with Crippen molar-refractivity contribution in [3.8, 4) is 17.0 Å². The zero-order valence-electron chi connectivity index (χ0n) is 15.2. The van der Waals surface area contributed by atoms with Gasteiger partial charge in [0.25, 0.3) is 5.91 Å². The number of amides is 1. The molecule has 0 saturated heterocycles. The molecule has 6 nitrogen and oxygen atoms in total. The molecule has 3 rings (SSSR count). The van der Waals surface area contributed by atoms with Crippen molar-refractivity contribution in [3.05, 3.63) is 48.8 Å². The number of nitrogens with zero attached hydrogens (tertiary/aromatic N) is 3. The number of imidazole rings is 1. The van der Waals surface area contributed by atoms with Crippen molar-refractivity contribution in [3.63, 3.8) is 0 Å². The number of pyridine rings is 1. The standard InChI is InChI=1S/C20H24N4O2/c1-3-4-10-23(2)19(25)14-26-18-9-6-11-24-13-17(22-20(18)24)15-7-5-8-16(21)12-15/h5-9,11-13H,3-4,10,14,21H2,1-2H3. The highest BCUT2D eigenvalue weighted by Crippen LogP contribution is 2.25. The lowest BCUT2D eigenvalue weighted by Gasteiger charge is -2.17. The summed E-state index contributed by atoms with van der Waals surface area (Å²) in [4.78, 5) is 18.5. The van der Waals surface area contributed by atoms with Gasteiger partial charge in [-0.2, -0.15) is 0 Å². The van der Waals surface area contributed by atoms with E-state index in [-0.39, 0.29) is 12.5 Å². The highest BCUT2D eigenvalue weighted by molar-refractivity contribution is 5.78. The third-order valence-corrected chi connectivity index (χ3v) is 4.25. The summed E-state index contributed by atoms with van der Waals surface area (Å²) in [5.41, 5.74) is 8.97. The molecule has 1 aromatic carbocycles. The number of hydrogen-bond acceptors (Lipinski definition) is 4. The van der Waals surface area contributed by atoms with E-state index >= 15 is 0 Å². The first-order chi connectivity index (χ1) is 12.6. The van der Waals surface area contributed by atoms with Gasteiger partial charge < -0.3 is 19.8 Å². The molecule has 0 radical (unpaired) electrons. The van der Waals surface area contributed by atoms with E-state index in [9.17, 15) is 4.79 Å². The number of anilines is 1. The normalized spacial score (nSPS) is 10.8. The van der Waals surface area contributed by atoms with Gasteiger partial charge in [0.15, 0.2) is 18.0 Å². The van der Waals surface area contributed by atoms with Gasteiger partial charge in [-0.1, -0.05) is 25.5 Å². The minimum atomic E-state index is -0.0388. The van der Waals surface area contributed by atoms with Crippen LogP contribution in [0.1, 0.15) is 19.8 Å². The van der Waals surface area contributed by atoms with Crippen LogP contribution in [0.25, 0.3) is 16.9 Å². The number of benzene rings is 1. The molecular weight excluding hydrogens is 328 g/mol. The number of carbonyl (C=O) groups excluding carboxylic acids is 1. The SMILES string of the molecule is CCCCN(C)C(=O)COc1cccn2cc(-c3cccc(N)c3)nc12. The van der Waals surface area contributed by atoms with Crippen molar-refractivity contribution < 1.29 is 9.53 Å². The number of ether oxygens (including phenoxy) is 1. The van der Waals surface area contributed by atoms with Gasteiger partial charge in [0.2, 0.25) is 0 Å². The van der Waals surface area contributed by atoms with Crippen molar-refractivity contribution in [2.45, 2.75) is 19.8 Å². The minimum Gasteiger partial charge on any atom is -0.480 e. The minimum absolute atomic E-state index is 0.000363. The topological polar surface area (TPSA) is 72.9 Å².